The second kappa shape index (κ2) is 11.5. The molecule has 2 aromatic carbocycles. The molecule has 0 saturated carbocycles. The fraction of sp³-hybridized carbons (Fsp3) is 0.143. The summed E-state index contributed by atoms with van der Waals surface area (Å²) in [6, 6.07) is 20.9. The molecule has 8 heteroatoms. The highest BCUT2D eigenvalue weighted by Gasteiger charge is 2.15. The maximum Gasteiger partial charge on any atom is 0.261 e. The van der Waals surface area contributed by atoms with Crippen LogP contribution in [0, 0.1) is 11.3 Å². The average molecular weight is 480 g/mol. The van der Waals surface area contributed by atoms with Crippen LogP contribution in [0.1, 0.15) is 11.1 Å². The van der Waals surface area contributed by atoms with Crippen LogP contribution in [0.15, 0.2) is 84.8 Å². The number of ether oxygens (including phenoxy) is 2. The molecule has 0 aliphatic heterocycles. The zero-order valence-corrected chi connectivity index (χ0v) is 20.0. The van der Waals surface area contributed by atoms with Crippen LogP contribution in [0.5, 0.6) is 11.5 Å². The van der Waals surface area contributed by atoms with Gasteiger partial charge in [-0.3, -0.25) is 9.78 Å². The highest BCUT2D eigenvalue weighted by Crippen LogP contribution is 2.28. The van der Waals surface area contributed by atoms with Crippen molar-refractivity contribution >= 4 is 12.0 Å². The molecule has 4 aromatic rings. The number of amides is 1. The third-order valence-electron chi connectivity index (χ3n) is 5.51. The topological polar surface area (TPSA) is 102 Å². The Morgan fingerprint density at radius 1 is 1.08 bits per heavy atom. The zero-order valence-electron chi connectivity index (χ0n) is 20.0. The van der Waals surface area contributed by atoms with Gasteiger partial charge in [-0.25, -0.2) is 4.68 Å². The molecule has 0 fully saturated rings. The quantitative estimate of drug-likeness (QED) is 0.285. The second-order valence-corrected chi connectivity index (χ2v) is 7.82. The number of rotatable bonds is 9. The van der Waals surface area contributed by atoms with Crippen LogP contribution >= 0.6 is 0 Å². The van der Waals surface area contributed by atoms with Crippen molar-refractivity contribution in [3.05, 3.63) is 96.0 Å². The molecule has 36 heavy (non-hydrogen) atoms. The maximum absolute atomic E-state index is 12.8. The molecule has 0 bridgehead atoms. The van der Waals surface area contributed by atoms with E-state index >= 15 is 0 Å². The monoisotopic (exact) mass is 479 g/mol. The van der Waals surface area contributed by atoms with E-state index in [-0.39, 0.29) is 5.57 Å². The Morgan fingerprint density at radius 2 is 1.89 bits per heavy atom. The lowest BCUT2D eigenvalue weighted by atomic mass is 10.1. The number of carbonyl (C=O) groups is 1. The SMILES string of the molecule is COc1ccc(CCNC(=O)/C(C#N)=C/c2cn(-c3ccccc3)nc2-c2cccnc2)cc1OC. The Labute approximate surface area is 209 Å². The molecule has 0 spiro atoms. The number of para-hydroxylation sites is 1. The van der Waals surface area contributed by atoms with E-state index in [0.717, 1.165) is 16.8 Å². The number of hydrogen-bond donors (Lipinski definition) is 1. The first kappa shape index (κ1) is 24.2. The fourth-order valence-electron chi connectivity index (χ4n) is 3.69. The standard InChI is InChI=1S/C28H25N5O3/c1-35-25-11-10-20(15-26(25)36-2)12-14-31-28(34)22(17-29)16-23-19-33(24-8-4-3-5-9-24)32-27(23)21-7-6-13-30-18-21/h3-11,13,15-16,18-19H,12,14H2,1-2H3,(H,31,34)/b22-16+. The third kappa shape index (κ3) is 5.59. The van der Waals surface area contributed by atoms with Crippen LogP contribution in [0.25, 0.3) is 23.0 Å². The maximum atomic E-state index is 12.8. The molecular weight excluding hydrogens is 454 g/mol. The third-order valence-corrected chi connectivity index (χ3v) is 5.51. The van der Waals surface area contributed by atoms with Crippen LogP contribution in [0.2, 0.25) is 0 Å². The highest BCUT2D eigenvalue weighted by molar-refractivity contribution is 6.02. The molecule has 0 saturated heterocycles. The first-order valence-electron chi connectivity index (χ1n) is 11.3. The van der Waals surface area contributed by atoms with E-state index in [2.05, 4.69) is 10.3 Å². The molecule has 1 amide bonds. The molecule has 1 N–H and O–H groups in total. The van der Waals surface area contributed by atoms with Gasteiger partial charge in [0, 0.05) is 36.3 Å². The summed E-state index contributed by atoms with van der Waals surface area (Å²) in [5.74, 6) is 0.806. The highest BCUT2D eigenvalue weighted by atomic mass is 16.5. The minimum absolute atomic E-state index is 0.0138. The number of nitrogens with one attached hydrogen (secondary N) is 1. The van der Waals surface area contributed by atoms with Crippen molar-refractivity contribution in [3.63, 3.8) is 0 Å². The van der Waals surface area contributed by atoms with Crippen LogP contribution in [-0.4, -0.2) is 41.4 Å². The Kier molecular flexibility index (Phi) is 7.73. The van der Waals surface area contributed by atoms with Crippen molar-refractivity contribution < 1.29 is 14.3 Å². The van der Waals surface area contributed by atoms with E-state index in [1.165, 1.54) is 0 Å². The van der Waals surface area contributed by atoms with Crippen LogP contribution in [0.4, 0.5) is 0 Å². The van der Waals surface area contributed by atoms with Gasteiger partial charge in [0.1, 0.15) is 17.3 Å². The van der Waals surface area contributed by atoms with E-state index in [1.807, 2.05) is 66.7 Å². The minimum atomic E-state index is -0.456. The number of methoxy groups -OCH3 is 2. The van der Waals surface area contributed by atoms with Crippen LogP contribution in [-0.2, 0) is 11.2 Å². The molecule has 2 aromatic heterocycles. The predicted molar refractivity (Wildman–Crippen MR) is 137 cm³/mol. The summed E-state index contributed by atoms with van der Waals surface area (Å²) in [7, 11) is 3.16. The van der Waals surface area contributed by atoms with Gasteiger partial charge in [-0.05, 0) is 54.5 Å². The van der Waals surface area contributed by atoms with Crippen LogP contribution in [0.3, 0.4) is 0 Å². The molecule has 0 aliphatic rings. The Hall–Kier alpha value is -4.90. The summed E-state index contributed by atoms with van der Waals surface area (Å²) < 4.78 is 12.3. The van der Waals surface area contributed by atoms with Gasteiger partial charge in [0.15, 0.2) is 11.5 Å². The lowest BCUT2D eigenvalue weighted by Gasteiger charge is -2.10. The van der Waals surface area contributed by atoms with Crippen LogP contribution < -0.4 is 14.8 Å². The van der Waals surface area contributed by atoms with Gasteiger partial charge < -0.3 is 14.8 Å². The number of nitriles is 1. The predicted octanol–water partition coefficient (Wildman–Crippen LogP) is 4.22. The van der Waals surface area contributed by atoms with E-state index in [1.54, 1.807) is 43.6 Å². The van der Waals surface area contributed by atoms with Crippen molar-refractivity contribution in [2.24, 2.45) is 0 Å². The lowest BCUT2D eigenvalue weighted by Crippen LogP contribution is -2.26. The molecular formula is C28H25N5O3. The first-order chi connectivity index (χ1) is 17.6. The summed E-state index contributed by atoms with van der Waals surface area (Å²) in [4.78, 5) is 17.0. The van der Waals surface area contributed by atoms with E-state index in [9.17, 15) is 10.1 Å². The first-order valence-corrected chi connectivity index (χ1v) is 11.3. The summed E-state index contributed by atoms with van der Waals surface area (Å²) in [6.07, 6.45) is 7.30. The summed E-state index contributed by atoms with van der Waals surface area (Å²) in [5.41, 5.74) is 3.86. The van der Waals surface area contributed by atoms with E-state index in [0.29, 0.717) is 35.7 Å². The molecule has 0 radical (unpaired) electrons. The lowest BCUT2D eigenvalue weighted by molar-refractivity contribution is -0.117. The molecule has 180 valence electrons. The number of pyridine rings is 1. The molecule has 0 atom stereocenters. The van der Waals surface area contributed by atoms with Gasteiger partial charge in [-0.1, -0.05) is 24.3 Å². The average Bonchev–Trinajstić information content (AvgIpc) is 3.36. The Balaban J connectivity index is 1.55. The van der Waals surface area contributed by atoms with E-state index in [4.69, 9.17) is 14.6 Å². The molecule has 0 aliphatic carbocycles. The molecule has 0 unspecified atom stereocenters. The van der Waals surface area contributed by atoms with Gasteiger partial charge in [0.25, 0.3) is 5.91 Å². The Bertz CT molecular complexity index is 1410. The smallest absolute Gasteiger partial charge is 0.261 e. The van der Waals surface area contributed by atoms with Gasteiger partial charge in [0.05, 0.1) is 19.9 Å². The largest absolute Gasteiger partial charge is 0.493 e. The zero-order chi connectivity index (χ0) is 25.3. The Morgan fingerprint density at radius 3 is 2.58 bits per heavy atom. The molecule has 8 nitrogen and oxygen atoms in total. The number of aromatic nitrogens is 3. The molecule has 4 rings (SSSR count). The minimum Gasteiger partial charge on any atom is -0.493 e. The van der Waals surface area contributed by atoms with Gasteiger partial charge in [-0.2, -0.15) is 10.4 Å². The van der Waals surface area contributed by atoms with Crippen molar-refractivity contribution in [2.45, 2.75) is 6.42 Å². The van der Waals surface area contributed by atoms with Crippen molar-refractivity contribution in [1.29, 1.82) is 5.26 Å². The number of nitrogens with zero attached hydrogens (tertiary/aromatic N) is 4. The fourth-order valence-corrected chi connectivity index (χ4v) is 3.69. The number of carbonyl (C=O) groups excluding carboxylic acids is 1. The summed E-state index contributed by atoms with van der Waals surface area (Å²) in [5, 5.41) is 17.3. The van der Waals surface area contributed by atoms with E-state index < -0.39 is 5.91 Å². The summed E-state index contributed by atoms with van der Waals surface area (Å²) >= 11 is 0. The van der Waals surface area contributed by atoms with Crippen molar-refractivity contribution in [2.75, 3.05) is 20.8 Å². The van der Waals surface area contributed by atoms with Gasteiger partial charge in [0.2, 0.25) is 0 Å². The van der Waals surface area contributed by atoms with Gasteiger partial charge >= 0.3 is 0 Å². The number of benzene rings is 2. The van der Waals surface area contributed by atoms with Crippen molar-refractivity contribution in [1.82, 2.24) is 20.1 Å². The number of hydrogen-bond acceptors (Lipinski definition) is 6. The summed E-state index contributed by atoms with van der Waals surface area (Å²) in [6.45, 7) is 0.353. The normalized spacial score (nSPS) is 11.0. The van der Waals surface area contributed by atoms with Crippen molar-refractivity contribution in [3.8, 4) is 34.5 Å². The second-order valence-electron chi connectivity index (χ2n) is 7.82. The molecule has 2 heterocycles. The van der Waals surface area contributed by atoms with Gasteiger partial charge in [-0.15, -0.1) is 0 Å².